The normalized spacial score (nSPS) is 23.8. The lowest BCUT2D eigenvalue weighted by Gasteiger charge is -2.21. The Morgan fingerprint density at radius 2 is 2.22 bits per heavy atom. The summed E-state index contributed by atoms with van der Waals surface area (Å²) in [5.41, 5.74) is 0. The lowest BCUT2D eigenvalue weighted by Crippen LogP contribution is -2.44. The molecule has 0 bridgehead atoms. The first-order valence-corrected chi connectivity index (χ1v) is 6.41. The summed E-state index contributed by atoms with van der Waals surface area (Å²) in [5.74, 6) is 0.553. The summed E-state index contributed by atoms with van der Waals surface area (Å²) in [6, 6.07) is 0.672. The SMILES string of the molecule is O=C1NCCCC1Nc1nnc(CNC2CC2)o1. The third-order valence-electron chi connectivity index (χ3n) is 3.17. The van der Waals surface area contributed by atoms with Gasteiger partial charge in [-0.15, -0.1) is 5.10 Å². The average Bonchev–Trinajstić information content (AvgIpc) is 3.10. The van der Waals surface area contributed by atoms with Crippen molar-refractivity contribution in [1.29, 1.82) is 0 Å². The zero-order valence-electron chi connectivity index (χ0n) is 10.1. The number of carbonyl (C=O) groups is 1. The Morgan fingerprint density at radius 1 is 1.33 bits per heavy atom. The second-order valence-corrected chi connectivity index (χ2v) is 4.79. The van der Waals surface area contributed by atoms with Crippen LogP contribution in [0.4, 0.5) is 6.01 Å². The van der Waals surface area contributed by atoms with E-state index in [1.807, 2.05) is 0 Å². The van der Waals surface area contributed by atoms with Gasteiger partial charge < -0.3 is 20.4 Å². The first-order chi connectivity index (χ1) is 8.81. The summed E-state index contributed by atoms with van der Waals surface area (Å²) in [7, 11) is 0. The summed E-state index contributed by atoms with van der Waals surface area (Å²) in [6.07, 6.45) is 4.21. The second-order valence-electron chi connectivity index (χ2n) is 4.79. The zero-order valence-corrected chi connectivity index (χ0v) is 10.1. The molecule has 0 radical (unpaired) electrons. The monoisotopic (exact) mass is 251 g/mol. The van der Waals surface area contributed by atoms with Gasteiger partial charge in [-0.1, -0.05) is 5.10 Å². The minimum absolute atomic E-state index is 0.00268. The van der Waals surface area contributed by atoms with E-state index in [-0.39, 0.29) is 11.9 Å². The molecule has 3 N–H and O–H groups in total. The van der Waals surface area contributed by atoms with E-state index < -0.39 is 0 Å². The fourth-order valence-electron chi connectivity index (χ4n) is 1.96. The topological polar surface area (TPSA) is 92.1 Å². The number of nitrogens with zero attached hydrogens (tertiary/aromatic N) is 2. The van der Waals surface area contributed by atoms with Crippen molar-refractivity contribution >= 4 is 11.9 Å². The maximum absolute atomic E-state index is 11.6. The van der Waals surface area contributed by atoms with Gasteiger partial charge in [0.2, 0.25) is 11.8 Å². The Morgan fingerprint density at radius 3 is 3.00 bits per heavy atom. The third-order valence-corrected chi connectivity index (χ3v) is 3.17. The van der Waals surface area contributed by atoms with Crippen molar-refractivity contribution in [2.45, 2.75) is 44.3 Å². The van der Waals surface area contributed by atoms with Crippen LogP contribution < -0.4 is 16.0 Å². The first kappa shape index (κ1) is 11.5. The molecule has 98 valence electrons. The predicted octanol–water partition coefficient (Wildman–Crippen LogP) is 0.0121. The summed E-state index contributed by atoms with van der Waals surface area (Å²) in [6.45, 7) is 1.34. The van der Waals surface area contributed by atoms with Gasteiger partial charge in [-0.2, -0.15) is 0 Å². The smallest absolute Gasteiger partial charge is 0.316 e. The fourth-order valence-corrected chi connectivity index (χ4v) is 1.96. The Hall–Kier alpha value is -1.63. The van der Waals surface area contributed by atoms with Gasteiger partial charge in [0.25, 0.3) is 0 Å². The van der Waals surface area contributed by atoms with Gasteiger partial charge in [-0.05, 0) is 25.7 Å². The molecule has 1 amide bonds. The van der Waals surface area contributed by atoms with Crippen LogP contribution in [-0.4, -0.2) is 34.7 Å². The molecular weight excluding hydrogens is 234 g/mol. The molecule has 1 atom stereocenters. The number of amides is 1. The summed E-state index contributed by atoms with van der Waals surface area (Å²) in [5, 5.41) is 16.9. The third kappa shape index (κ3) is 2.79. The molecule has 18 heavy (non-hydrogen) atoms. The highest BCUT2D eigenvalue weighted by Crippen LogP contribution is 2.19. The van der Waals surface area contributed by atoms with Crippen molar-refractivity contribution in [3.05, 3.63) is 5.89 Å². The van der Waals surface area contributed by atoms with E-state index in [4.69, 9.17) is 4.42 Å². The van der Waals surface area contributed by atoms with E-state index in [0.29, 0.717) is 24.5 Å². The Balaban J connectivity index is 1.53. The molecule has 1 aromatic heterocycles. The molecule has 7 heteroatoms. The number of carbonyl (C=O) groups excluding carboxylic acids is 1. The number of rotatable bonds is 5. The molecule has 7 nitrogen and oxygen atoms in total. The van der Waals surface area contributed by atoms with Gasteiger partial charge in [0, 0.05) is 12.6 Å². The number of nitrogens with one attached hydrogen (secondary N) is 3. The van der Waals surface area contributed by atoms with Gasteiger partial charge in [0.05, 0.1) is 6.54 Å². The fraction of sp³-hybridized carbons (Fsp3) is 0.727. The van der Waals surface area contributed by atoms with E-state index in [1.165, 1.54) is 12.8 Å². The Kier molecular flexibility index (Phi) is 3.14. The molecule has 2 aliphatic rings. The number of hydrogen-bond donors (Lipinski definition) is 3. The number of piperidine rings is 1. The molecule has 1 aromatic rings. The van der Waals surface area contributed by atoms with Crippen LogP contribution in [0.5, 0.6) is 0 Å². The van der Waals surface area contributed by atoms with Crippen LogP contribution in [0.15, 0.2) is 4.42 Å². The van der Waals surface area contributed by atoms with Crippen LogP contribution in [0.25, 0.3) is 0 Å². The van der Waals surface area contributed by atoms with Crippen molar-refractivity contribution in [1.82, 2.24) is 20.8 Å². The van der Waals surface area contributed by atoms with Crippen LogP contribution in [0.1, 0.15) is 31.6 Å². The summed E-state index contributed by atoms with van der Waals surface area (Å²) < 4.78 is 5.44. The maximum atomic E-state index is 11.6. The number of hydrogen-bond acceptors (Lipinski definition) is 6. The number of anilines is 1. The minimum atomic E-state index is -0.261. The molecule has 0 spiro atoms. The van der Waals surface area contributed by atoms with Crippen LogP contribution in [0.3, 0.4) is 0 Å². The van der Waals surface area contributed by atoms with Crippen LogP contribution in [0, 0.1) is 0 Å². The highest BCUT2D eigenvalue weighted by molar-refractivity contribution is 5.84. The van der Waals surface area contributed by atoms with E-state index >= 15 is 0 Å². The summed E-state index contributed by atoms with van der Waals surface area (Å²) in [4.78, 5) is 11.6. The molecular formula is C11H17N5O2. The summed E-state index contributed by atoms with van der Waals surface area (Å²) >= 11 is 0. The van der Waals surface area contributed by atoms with E-state index in [1.54, 1.807) is 0 Å². The molecule has 1 saturated heterocycles. The van der Waals surface area contributed by atoms with Gasteiger partial charge >= 0.3 is 6.01 Å². The molecule has 1 aliphatic carbocycles. The van der Waals surface area contributed by atoms with Gasteiger partial charge in [0.15, 0.2) is 0 Å². The first-order valence-electron chi connectivity index (χ1n) is 6.41. The molecule has 2 heterocycles. The molecule has 3 rings (SSSR count). The maximum Gasteiger partial charge on any atom is 0.316 e. The molecule has 2 fully saturated rings. The number of aromatic nitrogens is 2. The standard InChI is InChI=1S/C11H17N5O2/c17-10-8(2-1-5-12-10)14-11-16-15-9(18-11)6-13-7-3-4-7/h7-8,13H,1-6H2,(H,12,17)(H,14,16). The van der Waals surface area contributed by atoms with E-state index in [9.17, 15) is 4.79 Å². The van der Waals surface area contributed by atoms with Crippen molar-refractivity contribution in [3.8, 4) is 0 Å². The van der Waals surface area contributed by atoms with Crippen molar-refractivity contribution in [2.24, 2.45) is 0 Å². The largest absolute Gasteiger partial charge is 0.407 e. The van der Waals surface area contributed by atoms with Crippen LogP contribution >= 0.6 is 0 Å². The molecule has 1 aliphatic heterocycles. The Labute approximate surface area is 105 Å². The highest BCUT2D eigenvalue weighted by Gasteiger charge is 2.24. The van der Waals surface area contributed by atoms with Crippen molar-refractivity contribution in [2.75, 3.05) is 11.9 Å². The lowest BCUT2D eigenvalue weighted by molar-refractivity contribution is -0.123. The van der Waals surface area contributed by atoms with Crippen molar-refractivity contribution < 1.29 is 9.21 Å². The van der Waals surface area contributed by atoms with Crippen LogP contribution in [-0.2, 0) is 11.3 Å². The van der Waals surface area contributed by atoms with Gasteiger partial charge in [-0.25, -0.2) is 0 Å². The average molecular weight is 251 g/mol. The quantitative estimate of drug-likeness (QED) is 0.683. The van der Waals surface area contributed by atoms with Gasteiger partial charge in [-0.3, -0.25) is 4.79 Å². The second kappa shape index (κ2) is 4.93. The van der Waals surface area contributed by atoms with Crippen LogP contribution in [0.2, 0.25) is 0 Å². The zero-order chi connectivity index (χ0) is 12.4. The highest BCUT2D eigenvalue weighted by atomic mass is 16.4. The van der Waals surface area contributed by atoms with E-state index in [0.717, 1.165) is 19.4 Å². The van der Waals surface area contributed by atoms with Gasteiger partial charge in [0.1, 0.15) is 6.04 Å². The molecule has 1 saturated carbocycles. The Bertz CT molecular complexity index is 429. The predicted molar refractivity (Wildman–Crippen MR) is 63.8 cm³/mol. The molecule has 0 aromatic carbocycles. The van der Waals surface area contributed by atoms with E-state index in [2.05, 4.69) is 26.1 Å². The molecule has 1 unspecified atom stereocenters. The lowest BCUT2D eigenvalue weighted by atomic mass is 10.1. The van der Waals surface area contributed by atoms with Crippen molar-refractivity contribution in [3.63, 3.8) is 0 Å². The minimum Gasteiger partial charge on any atom is -0.407 e.